The number of ether oxygens (including phenoxy) is 1. The third-order valence-electron chi connectivity index (χ3n) is 6.88. The number of benzene rings is 2. The van der Waals surface area contributed by atoms with Crippen molar-refractivity contribution in [2.75, 3.05) is 11.5 Å². The molecular formula is C28H31N7O4. The molecule has 0 unspecified atom stereocenters. The molecule has 5 rings (SSSR count). The number of nitrogens with one attached hydrogen (secondary N) is 3. The molecule has 1 aliphatic rings. The van der Waals surface area contributed by atoms with Crippen molar-refractivity contribution >= 4 is 40.4 Å². The van der Waals surface area contributed by atoms with Crippen LogP contribution in [-0.2, 0) is 4.79 Å². The van der Waals surface area contributed by atoms with Gasteiger partial charge in [-0.15, -0.1) is 0 Å². The number of carbonyl (C=O) groups is 3. The van der Waals surface area contributed by atoms with Gasteiger partial charge in [-0.25, -0.2) is 14.9 Å². The number of nitrogens with zero attached hydrogens (tertiary/aromatic N) is 3. The summed E-state index contributed by atoms with van der Waals surface area (Å²) < 4.78 is 5.74. The minimum atomic E-state index is -0.796. The zero-order valence-corrected chi connectivity index (χ0v) is 21.9. The fraction of sp³-hybridized carbons (Fsp3) is 0.321. The predicted octanol–water partition coefficient (Wildman–Crippen LogP) is 3.81. The van der Waals surface area contributed by atoms with E-state index in [-0.39, 0.29) is 35.9 Å². The number of anilines is 2. The number of fused-ring (bicyclic) bond motifs is 1. The van der Waals surface area contributed by atoms with Crippen molar-refractivity contribution < 1.29 is 19.1 Å². The molecular weight excluding hydrogens is 498 g/mol. The van der Waals surface area contributed by atoms with Crippen molar-refractivity contribution in [1.82, 2.24) is 25.3 Å². The van der Waals surface area contributed by atoms with E-state index >= 15 is 0 Å². The lowest BCUT2D eigenvalue weighted by molar-refractivity contribution is -0.124. The van der Waals surface area contributed by atoms with Crippen LogP contribution in [0.4, 0.5) is 11.6 Å². The molecule has 0 radical (unpaired) electrons. The van der Waals surface area contributed by atoms with Gasteiger partial charge in [0.05, 0.1) is 23.0 Å². The normalized spacial score (nSPS) is 13.8. The molecule has 1 saturated carbocycles. The first-order valence-corrected chi connectivity index (χ1v) is 13.0. The van der Waals surface area contributed by atoms with E-state index in [0.29, 0.717) is 22.5 Å². The van der Waals surface area contributed by atoms with Crippen molar-refractivity contribution in [3.63, 3.8) is 0 Å². The molecule has 3 amide bonds. The summed E-state index contributed by atoms with van der Waals surface area (Å²) in [6.07, 6.45) is 6.74. The number of aromatic amines is 2. The van der Waals surface area contributed by atoms with E-state index < -0.39 is 11.8 Å². The van der Waals surface area contributed by atoms with E-state index in [0.717, 1.165) is 36.8 Å². The topological polar surface area (TPSA) is 159 Å². The maximum absolute atomic E-state index is 13.8. The lowest BCUT2D eigenvalue weighted by Crippen LogP contribution is -2.38. The third-order valence-corrected chi connectivity index (χ3v) is 6.88. The number of rotatable bonds is 8. The largest absolute Gasteiger partial charge is 0.484 e. The second-order valence-electron chi connectivity index (χ2n) is 9.85. The average Bonchev–Trinajstić information content (AvgIpc) is 3.57. The first-order valence-electron chi connectivity index (χ1n) is 13.0. The Labute approximate surface area is 225 Å². The van der Waals surface area contributed by atoms with Gasteiger partial charge in [-0.3, -0.25) is 14.4 Å². The number of aromatic nitrogens is 4. The Hall–Kier alpha value is -4.67. The molecule has 2 aromatic heterocycles. The highest BCUT2D eigenvalue weighted by atomic mass is 16.5. The van der Waals surface area contributed by atoms with Crippen LogP contribution < -0.4 is 20.7 Å². The van der Waals surface area contributed by atoms with Gasteiger partial charge in [0, 0.05) is 12.1 Å². The summed E-state index contributed by atoms with van der Waals surface area (Å²) in [5.41, 5.74) is 8.87. The molecule has 1 aliphatic carbocycles. The highest BCUT2D eigenvalue weighted by Crippen LogP contribution is 2.31. The van der Waals surface area contributed by atoms with E-state index in [9.17, 15) is 14.4 Å². The molecule has 5 N–H and O–H groups in total. The van der Waals surface area contributed by atoms with E-state index in [4.69, 9.17) is 10.5 Å². The molecule has 11 heteroatoms. The Balaban J connectivity index is 1.42. The van der Waals surface area contributed by atoms with Gasteiger partial charge >= 0.3 is 0 Å². The number of amides is 3. The van der Waals surface area contributed by atoms with Crippen LogP contribution >= 0.6 is 0 Å². The van der Waals surface area contributed by atoms with Gasteiger partial charge in [0.25, 0.3) is 17.7 Å². The molecule has 2 aromatic carbocycles. The Morgan fingerprint density at radius 1 is 1.10 bits per heavy atom. The maximum atomic E-state index is 13.8. The van der Waals surface area contributed by atoms with Crippen molar-refractivity contribution in [3.05, 3.63) is 65.2 Å². The van der Waals surface area contributed by atoms with Gasteiger partial charge in [0.15, 0.2) is 12.3 Å². The van der Waals surface area contributed by atoms with Crippen LogP contribution in [0.15, 0.2) is 42.7 Å². The Kier molecular flexibility index (Phi) is 7.31. The van der Waals surface area contributed by atoms with Crippen molar-refractivity contribution in [2.24, 2.45) is 5.73 Å². The molecule has 0 bridgehead atoms. The summed E-state index contributed by atoms with van der Waals surface area (Å²) >= 11 is 0. The summed E-state index contributed by atoms with van der Waals surface area (Å²) in [5, 5.41) is 3.04. The van der Waals surface area contributed by atoms with Gasteiger partial charge in [-0.05, 0) is 50.5 Å². The molecule has 11 nitrogen and oxygen atoms in total. The highest BCUT2D eigenvalue weighted by molar-refractivity contribution is 6.14. The van der Waals surface area contributed by atoms with Crippen LogP contribution in [0.3, 0.4) is 0 Å². The highest BCUT2D eigenvalue weighted by Gasteiger charge is 2.29. The summed E-state index contributed by atoms with van der Waals surface area (Å²) in [6, 6.07) is 11.1. The summed E-state index contributed by atoms with van der Waals surface area (Å²) in [6.45, 7) is 3.75. The van der Waals surface area contributed by atoms with Crippen LogP contribution in [0.5, 0.6) is 5.75 Å². The van der Waals surface area contributed by atoms with E-state index in [1.54, 1.807) is 18.2 Å². The quantitative estimate of drug-likeness (QED) is 0.272. The molecule has 39 heavy (non-hydrogen) atoms. The van der Waals surface area contributed by atoms with Crippen LogP contribution in [0.25, 0.3) is 11.0 Å². The predicted molar refractivity (Wildman–Crippen MR) is 146 cm³/mol. The maximum Gasteiger partial charge on any atom is 0.286 e. The standard InChI is InChI=1S/C28H31N7O4/c1-16-8-11-22(17(2)12-16)35(27(38)25-24(26(29)37)30-15-31-25)28-33-20-10-9-19(13-21(20)34-28)39-14-23(36)32-18-6-4-3-5-7-18/h8-13,15,18H,3-7,14H2,1-2H3,(H2,29,37)(H,30,31)(H,32,36)(H,33,34). The lowest BCUT2D eigenvalue weighted by Gasteiger charge is -2.22. The van der Waals surface area contributed by atoms with E-state index in [1.807, 2.05) is 32.0 Å². The molecule has 0 atom stereocenters. The minimum Gasteiger partial charge on any atom is -0.484 e. The SMILES string of the molecule is Cc1ccc(N(C(=O)c2nc[nH]c2C(N)=O)c2nc3cc(OCC(=O)NC4CCCCC4)ccc3[nH]2)c(C)c1. The van der Waals surface area contributed by atoms with Gasteiger partial charge in [0.1, 0.15) is 11.4 Å². The fourth-order valence-electron chi connectivity index (χ4n) is 4.96. The monoisotopic (exact) mass is 529 g/mol. The Bertz CT molecular complexity index is 1530. The fourth-order valence-corrected chi connectivity index (χ4v) is 4.96. The summed E-state index contributed by atoms with van der Waals surface area (Å²) in [4.78, 5) is 53.9. The molecule has 4 aromatic rings. The number of imidazole rings is 2. The zero-order valence-electron chi connectivity index (χ0n) is 21.9. The summed E-state index contributed by atoms with van der Waals surface area (Å²) in [5.74, 6) is -0.817. The number of primary amides is 1. The van der Waals surface area contributed by atoms with Crippen LogP contribution in [-0.4, -0.2) is 50.3 Å². The first kappa shape index (κ1) is 26.0. The summed E-state index contributed by atoms with van der Waals surface area (Å²) in [7, 11) is 0. The number of aryl methyl sites for hydroxylation is 2. The number of nitrogens with two attached hydrogens (primary N) is 1. The zero-order chi connectivity index (χ0) is 27.5. The van der Waals surface area contributed by atoms with E-state index in [1.165, 1.54) is 17.6 Å². The number of carbonyl (C=O) groups excluding carboxylic acids is 3. The molecule has 0 saturated heterocycles. The molecule has 1 fully saturated rings. The number of hydrogen-bond donors (Lipinski definition) is 4. The molecule has 2 heterocycles. The lowest BCUT2D eigenvalue weighted by atomic mass is 9.95. The van der Waals surface area contributed by atoms with Gasteiger partial charge in [-0.2, -0.15) is 0 Å². The molecule has 0 spiro atoms. The van der Waals surface area contributed by atoms with Gasteiger partial charge in [0.2, 0.25) is 5.95 Å². The van der Waals surface area contributed by atoms with Crippen LogP contribution in [0.2, 0.25) is 0 Å². The molecule has 202 valence electrons. The Morgan fingerprint density at radius 2 is 1.90 bits per heavy atom. The first-order chi connectivity index (χ1) is 18.8. The number of hydrogen-bond acceptors (Lipinski definition) is 6. The molecule has 0 aliphatic heterocycles. The van der Waals surface area contributed by atoms with Crippen molar-refractivity contribution in [3.8, 4) is 5.75 Å². The average molecular weight is 530 g/mol. The van der Waals surface area contributed by atoms with E-state index in [2.05, 4.69) is 25.3 Å². The van der Waals surface area contributed by atoms with Crippen molar-refractivity contribution in [1.29, 1.82) is 0 Å². The second kappa shape index (κ2) is 11.0. The van der Waals surface area contributed by atoms with Gasteiger partial charge in [-0.1, -0.05) is 37.0 Å². The minimum absolute atomic E-state index is 0.0898. The number of H-pyrrole nitrogens is 2. The third kappa shape index (κ3) is 5.62. The van der Waals surface area contributed by atoms with Gasteiger partial charge < -0.3 is 25.8 Å². The van der Waals surface area contributed by atoms with Crippen molar-refractivity contribution in [2.45, 2.75) is 52.0 Å². The Morgan fingerprint density at radius 3 is 2.64 bits per heavy atom. The second-order valence-corrected chi connectivity index (χ2v) is 9.85. The van der Waals surface area contributed by atoms with Crippen LogP contribution in [0, 0.1) is 13.8 Å². The smallest absolute Gasteiger partial charge is 0.286 e. The van der Waals surface area contributed by atoms with Crippen LogP contribution in [0.1, 0.15) is 64.2 Å².